The van der Waals surface area contributed by atoms with Crippen molar-refractivity contribution in [3.05, 3.63) is 44.3 Å². The number of nitrogens with zero attached hydrogens (tertiary/aromatic N) is 2. The van der Waals surface area contributed by atoms with Crippen molar-refractivity contribution in [1.82, 2.24) is 4.98 Å². The van der Waals surface area contributed by atoms with Gasteiger partial charge < -0.3 is 15.2 Å². The number of benzene rings is 1. The Balaban J connectivity index is 2.20. The zero-order valence-electron chi connectivity index (χ0n) is 9.16. The maximum absolute atomic E-state index is 11.8. The molecule has 19 heavy (non-hydrogen) atoms. The van der Waals surface area contributed by atoms with E-state index in [1.165, 1.54) is 23.6 Å². The number of anilines is 1. The lowest BCUT2D eigenvalue weighted by atomic mass is 10.2. The van der Waals surface area contributed by atoms with Gasteiger partial charge in [0, 0.05) is 5.02 Å². The minimum Gasteiger partial charge on any atom is -0.507 e. The summed E-state index contributed by atoms with van der Waals surface area (Å²) < 4.78 is 0. The van der Waals surface area contributed by atoms with E-state index in [4.69, 9.17) is 11.6 Å². The van der Waals surface area contributed by atoms with E-state index in [0.29, 0.717) is 0 Å². The number of amides is 1. The Labute approximate surface area is 115 Å². The first kappa shape index (κ1) is 13.2. The van der Waals surface area contributed by atoms with Crippen LogP contribution in [-0.2, 0) is 0 Å². The van der Waals surface area contributed by atoms with Gasteiger partial charge in [0.25, 0.3) is 5.91 Å². The van der Waals surface area contributed by atoms with Gasteiger partial charge in [-0.05, 0) is 28.1 Å². The van der Waals surface area contributed by atoms with Gasteiger partial charge in [-0.15, -0.1) is 0 Å². The van der Waals surface area contributed by atoms with Crippen LogP contribution in [-0.4, -0.2) is 20.9 Å². The molecular formula is C10H6ClN3O4S. The number of nitro groups is 1. The van der Waals surface area contributed by atoms with Gasteiger partial charge in [0.15, 0.2) is 0 Å². The lowest BCUT2D eigenvalue weighted by Crippen LogP contribution is -2.12. The van der Waals surface area contributed by atoms with Crippen molar-refractivity contribution in [3.63, 3.8) is 0 Å². The number of phenolic OH excluding ortho intramolecular Hbond substituents is 1. The van der Waals surface area contributed by atoms with Crippen LogP contribution in [0.25, 0.3) is 0 Å². The fraction of sp³-hybridized carbons (Fsp3) is 0. The molecule has 98 valence electrons. The second-order valence-corrected chi connectivity index (χ2v) is 4.68. The number of nitrogens with one attached hydrogen (secondary N) is 1. The normalized spacial score (nSPS) is 10.2. The molecule has 0 saturated carbocycles. The zero-order valence-corrected chi connectivity index (χ0v) is 10.7. The highest BCUT2D eigenvalue weighted by Gasteiger charge is 2.18. The highest BCUT2D eigenvalue weighted by molar-refractivity contribution is 7.14. The monoisotopic (exact) mass is 299 g/mol. The molecule has 0 aliphatic heterocycles. The van der Waals surface area contributed by atoms with Crippen LogP contribution in [0.3, 0.4) is 0 Å². The van der Waals surface area contributed by atoms with Crippen LogP contribution in [0, 0.1) is 10.1 Å². The van der Waals surface area contributed by atoms with Crippen LogP contribution in [0.1, 0.15) is 10.4 Å². The summed E-state index contributed by atoms with van der Waals surface area (Å²) in [6, 6.07) is 4.00. The molecule has 0 fully saturated rings. The fourth-order valence-electron chi connectivity index (χ4n) is 1.26. The molecule has 2 aromatic rings. The van der Waals surface area contributed by atoms with E-state index in [-0.39, 0.29) is 27.3 Å². The number of aromatic nitrogens is 1. The minimum atomic E-state index is -0.664. The molecular weight excluding hydrogens is 294 g/mol. The predicted molar refractivity (Wildman–Crippen MR) is 69.8 cm³/mol. The summed E-state index contributed by atoms with van der Waals surface area (Å²) in [7, 11) is 0. The second-order valence-electron chi connectivity index (χ2n) is 3.38. The summed E-state index contributed by atoms with van der Waals surface area (Å²) in [5, 5.41) is 23.9. The van der Waals surface area contributed by atoms with Gasteiger partial charge in [0.1, 0.15) is 5.75 Å². The Morgan fingerprint density at radius 1 is 1.53 bits per heavy atom. The van der Waals surface area contributed by atoms with Crippen molar-refractivity contribution >= 4 is 39.8 Å². The standard InChI is InChI=1S/C10H6ClN3O4S/c11-5-1-2-7(15)6(3-5)9(16)13-10-12-8(4-19-10)14(17)18/h1-4,15H,(H,12,13,16). The van der Waals surface area contributed by atoms with E-state index < -0.39 is 10.8 Å². The van der Waals surface area contributed by atoms with Crippen LogP contribution < -0.4 is 5.32 Å². The van der Waals surface area contributed by atoms with Crippen LogP contribution in [0.4, 0.5) is 10.9 Å². The third kappa shape index (κ3) is 2.98. The highest BCUT2D eigenvalue weighted by Crippen LogP contribution is 2.25. The van der Waals surface area contributed by atoms with Crippen molar-refractivity contribution in [1.29, 1.82) is 0 Å². The lowest BCUT2D eigenvalue weighted by molar-refractivity contribution is -0.389. The maximum Gasteiger partial charge on any atom is 0.376 e. The number of rotatable bonds is 3. The average Bonchev–Trinajstić information content (AvgIpc) is 2.80. The number of phenols is 1. The molecule has 0 spiro atoms. The van der Waals surface area contributed by atoms with Crippen molar-refractivity contribution in [3.8, 4) is 5.75 Å². The van der Waals surface area contributed by atoms with E-state index in [1.54, 1.807) is 0 Å². The Hall–Kier alpha value is -2.19. The molecule has 0 radical (unpaired) electrons. The molecule has 1 heterocycles. The zero-order chi connectivity index (χ0) is 14.0. The first-order valence-electron chi connectivity index (χ1n) is 4.87. The Morgan fingerprint density at radius 3 is 2.89 bits per heavy atom. The average molecular weight is 300 g/mol. The van der Waals surface area contributed by atoms with Gasteiger partial charge in [-0.25, -0.2) is 0 Å². The molecule has 0 bridgehead atoms. The van der Waals surface area contributed by atoms with Crippen LogP contribution >= 0.6 is 22.9 Å². The first-order valence-corrected chi connectivity index (χ1v) is 6.13. The third-order valence-corrected chi connectivity index (χ3v) is 3.08. The predicted octanol–water partition coefficient (Wildman–Crippen LogP) is 2.66. The van der Waals surface area contributed by atoms with E-state index in [0.717, 1.165) is 11.3 Å². The highest BCUT2D eigenvalue weighted by atomic mass is 35.5. The van der Waals surface area contributed by atoms with E-state index in [1.807, 2.05) is 0 Å². The summed E-state index contributed by atoms with van der Waals surface area (Å²) in [5.74, 6) is -1.24. The molecule has 0 atom stereocenters. The van der Waals surface area contributed by atoms with Crippen molar-refractivity contribution in [2.75, 3.05) is 5.32 Å². The van der Waals surface area contributed by atoms with E-state index >= 15 is 0 Å². The molecule has 2 rings (SSSR count). The fourth-order valence-corrected chi connectivity index (χ4v) is 2.09. The van der Waals surface area contributed by atoms with Gasteiger partial charge in [-0.3, -0.25) is 10.1 Å². The number of carbonyl (C=O) groups is 1. The van der Waals surface area contributed by atoms with Gasteiger partial charge >= 0.3 is 10.9 Å². The van der Waals surface area contributed by atoms with Gasteiger partial charge in [0.05, 0.1) is 10.9 Å². The van der Waals surface area contributed by atoms with Crippen molar-refractivity contribution in [2.45, 2.75) is 0 Å². The Bertz CT molecular complexity index is 658. The van der Waals surface area contributed by atoms with Crippen LogP contribution in [0.2, 0.25) is 5.02 Å². The maximum atomic E-state index is 11.8. The summed E-state index contributed by atoms with van der Waals surface area (Å²) in [6.45, 7) is 0. The van der Waals surface area contributed by atoms with Gasteiger partial charge in [-0.2, -0.15) is 0 Å². The molecule has 0 saturated heterocycles. The molecule has 2 N–H and O–H groups in total. The molecule has 0 unspecified atom stereocenters. The smallest absolute Gasteiger partial charge is 0.376 e. The molecule has 9 heteroatoms. The number of hydrogen-bond acceptors (Lipinski definition) is 6. The summed E-state index contributed by atoms with van der Waals surface area (Å²) >= 11 is 6.63. The molecule has 1 amide bonds. The molecule has 0 aliphatic carbocycles. The number of halogens is 1. The quantitative estimate of drug-likeness (QED) is 0.669. The SMILES string of the molecule is O=C(Nc1nc([N+](=O)[O-])cs1)c1cc(Cl)ccc1O. The number of hydrogen-bond donors (Lipinski definition) is 2. The van der Waals surface area contributed by atoms with Crippen LogP contribution in [0.5, 0.6) is 5.75 Å². The Kier molecular flexibility index (Phi) is 3.63. The van der Waals surface area contributed by atoms with Crippen molar-refractivity contribution < 1.29 is 14.8 Å². The van der Waals surface area contributed by atoms with E-state index in [2.05, 4.69) is 10.3 Å². The lowest BCUT2D eigenvalue weighted by Gasteiger charge is -2.03. The Morgan fingerprint density at radius 2 is 2.26 bits per heavy atom. The summed E-state index contributed by atoms with van der Waals surface area (Å²) in [6.07, 6.45) is 0. The first-order chi connectivity index (χ1) is 8.97. The molecule has 1 aromatic heterocycles. The number of carbonyl (C=O) groups excluding carboxylic acids is 1. The van der Waals surface area contributed by atoms with Crippen LogP contribution in [0.15, 0.2) is 23.6 Å². The van der Waals surface area contributed by atoms with Crippen molar-refractivity contribution in [2.24, 2.45) is 0 Å². The molecule has 1 aromatic carbocycles. The molecule has 7 nitrogen and oxygen atoms in total. The largest absolute Gasteiger partial charge is 0.507 e. The minimum absolute atomic E-state index is 0.0367. The second kappa shape index (κ2) is 5.21. The van der Waals surface area contributed by atoms with Gasteiger partial charge in [0.2, 0.25) is 0 Å². The number of aromatic hydroxyl groups is 1. The van der Waals surface area contributed by atoms with Gasteiger partial charge in [-0.1, -0.05) is 22.9 Å². The molecule has 0 aliphatic rings. The summed E-state index contributed by atoms with van der Waals surface area (Å²) in [5.41, 5.74) is -0.0367. The number of thiazole rings is 1. The van der Waals surface area contributed by atoms with E-state index in [9.17, 15) is 20.0 Å². The summed E-state index contributed by atoms with van der Waals surface area (Å²) in [4.78, 5) is 25.2. The third-order valence-electron chi connectivity index (χ3n) is 2.10. The topological polar surface area (TPSA) is 105 Å².